The summed E-state index contributed by atoms with van der Waals surface area (Å²) in [5.41, 5.74) is 0.692. The van der Waals surface area contributed by atoms with E-state index in [0.29, 0.717) is 11.1 Å². The van der Waals surface area contributed by atoms with Crippen LogP contribution in [0, 0.1) is 17.1 Å². The highest BCUT2D eigenvalue weighted by Crippen LogP contribution is 2.17. The van der Waals surface area contributed by atoms with E-state index in [1.54, 1.807) is 18.2 Å². The molecular formula is C11H6FN3. The maximum atomic E-state index is 13.3. The Labute approximate surface area is 85.9 Å². The van der Waals surface area contributed by atoms with E-state index in [1.165, 1.54) is 18.5 Å². The van der Waals surface area contributed by atoms with Gasteiger partial charge in [-0.15, -0.1) is 0 Å². The van der Waals surface area contributed by atoms with E-state index in [2.05, 4.69) is 9.97 Å². The lowest BCUT2D eigenvalue weighted by molar-refractivity contribution is 0.630. The lowest BCUT2D eigenvalue weighted by Crippen LogP contribution is -1.92. The summed E-state index contributed by atoms with van der Waals surface area (Å²) >= 11 is 0. The van der Waals surface area contributed by atoms with Gasteiger partial charge in [-0.05, 0) is 12.1 Å². The van der Waals surface area contributed by atoms with Crippen LogP contribution in [0.3, 0.4) is 0 Å². The predicted molar refractivity (Wildman–Crippen MR) is 52.1 cm³/mol. The highest BCUT2D eigenvalue weighted by molar-refractivity contribution is 5.55. The van der Waals surface area contributed by atoms with Crippen LogP contribution in [0.25, 0.3) is 11.4 Å². The molecule has 4 heteroatoms. The molecule has 1 heterocycles. The van der Waals surface area contributed by atoms with E-state index in [0.717, 1.165) is 0 Å². The number of hydrogen-bond acceptors (Lipinski definition) is 3. The number of benzene rings is 1. The molecule has 0 saturated carbocycles. The van der Waals surface area contributed by atoms with Crippen molar-refractivity contribution < 1.29 is 4.39 Å². The standard InChI is InChI=1S/C11H6FN3/c12-10-4-2-1-3-9(10)11-14-6-8(5-13)7-15-11/h1-4,6-7H. The van der Waals surface area contributed by atoms with E-state index in [9.17, 15) is 4.39 Å². The minimum atomic E-state index is -0.373. The zero-order chi connectivity index (χ0) is 10.7. The third-order valence-electron chi connectivity index (χ3n) is 1.90. The molecular weight excluding hydrogens is 193 g/mol. The van der Waals surface area contributed by atoms with Crippen molar-refractivity contribution >= 4 is 0 Å². The lowest BCUT2D eigenvalue weighted by Gasteiger charge is -2.00. The third-order valence-corrected chi connectivity index (χ3v) is 1.90. The number of halogens is 1. The van der Waals surface area contributed by atoms with Crippen LogP contribution in [-0.2, 0) is 0 Å². The van der Waals surface area contributed by atoms with E-state index in [1.807, 2.05) is 6.07 Å². The molecule has 0 spiro atoms. The second kappa shape index (κ2) is 3.84. The molecule has 0 N–H and O–H groups in total. The average Bonchev–Trinajstić information content (AvgIpc) is 2.30. The van der Waals surface area contributed by atoms with Crippen LogP contribution in [0.15, 0.2) is 36.7 Å². The Morgan fingerprint density at radius 3 is 2.40 bits per heavy atom. The first-order valence-electron chi connectivity index (χ1n) is 4.28. The van der Waals surface area contributed by atoms with Gasteiger partial charge in [0.15, 0.2) is 5.82 Å². The van der Waals surface area contributed by atoms with Gasteiger partial charge in [0.2, 0.25) is 0 Å². The Morgan fingerprint density at radius 1 is 1.13 bits per heavy atom. The molecule has 1 aromatic heterocycles. The largest absolute Gasteiger partial charge is 0.235 e. The summed E-state index contributed by atoms with van der Waals surface area (Å²) in [5.74, 6) is -0.0886. The van der Waals surface area contributed by atoms with Gasteiger partial charge in [-0.1, -0.05) is 12.1 Å². The van der Waals surface area contributed by atoms with Gasteiger partial charge in [0, 0.05) is 12.4 Å². The Hall–Kier alpha value is -2.28. The van der Waals surface area contributed by atoms with E-state index < -0.39 is 0 Å². The summed E-state index contributed by atoms with van der Waals surface area (Å²) in [7, 11) is 0. The molecule has 0 amide bonds. The predicted octanol–water partition coefficient (Wildman–Crippen LogP) is 2.15. The first-order chi connectivity index (χ1) is 7.31. The van der Waals surface area contributed by atoms with E-state index >= 15 is 0 Å². The van der Waals surface area contributed by atoms with Crippen molar-refractivity contribution in [3.63, 3.8) is 0 Å². The summed E-state index contributed by atoms with van der Waals surface area (Å²) in [4.78, 5) is 7.81. The first-order valence-corrected chi connectivity index (χ1v) is 4.28. The maximum absolute atomic E-state index is 13.3. The maximum Gasteiger partial charge on any atom is 0.162 e. The minimum absolute atomic E-state index is 0.284. The second-order valence-corrected chi connectivity index (χ2v) is 2.89. The monoisotopic (exact) mass is 199 g/mol. The van der Waals surface area contributed by atoms with Crippen molar-refractivity contribution in [3.8, 4) is 17.5 Å². The van der Waals surface area contributed by atoms with Gasteiger partial charge in [-0.3, -0.25) is 0 Å². The molecule has 0 fully saturated rings. The van der Waals surface area contributed by atoms with Gasteiger partial charge in [-0.25, -0.2) is 14.4 Å². The van der Waals surface area contributed by atoms with Gasteiger partial charge < -0.3 is 0 Å². The van der Waals surface area contributed by atoms with Gasteiger partial charge in [-0.2, -0.15) is 5.26 Å². The fraction of sp³-hybridized carbons (Fsp3) is 0. The topological polar surface area (TPSA) is 49.6 Å². The Kier molecular flexibility index (Phi) is 2.38. The zero-order valence-corrected chi connectivity index (χ0v) is 7.68. The number of nitrogens with zero attached hydrogens (tertiary/aromatic N) is 3. The second-order valence-electron chi connectivity index (χ2n) is 2.89. The fourth-order valence-electron chi connectivity index (χ4n) is 1.17. The van der Waals surface area contributed by atoms with Crippen LogP contribution < -0.4 is 0 Å². The number of rotatable bonds is 1. The fourth-order valence-corrected chi connectivity index (χ4v) is 1.17. The molecule has 0 aliphatic rings. The molecule has 3 nitrogen and oxygen atoms in total. The zero-order valence-electron chi connectivity index (χ0n) is 7.68. The lowest BCUT2D eigenvalue weighted by atomic mass is 10.2. The highest BCUT2D eigenvalue weighted by Gasteiger charge is 2.06. The molecule has 0 aliphatic carbocycles. The van der Waals surface area contributed by atoms with Crippen LogP contribution in [0.1, 0.15) is 5.56 Å². The molecule has 0 radical (unpaired) electrons. The summed E-state index contributed by atoms with van der Waals surface area (Å²) < 4.78 is 13.3. The highest BCUT2D eigenvalue weighted by atomic mass is 19.1. The minimum Gasteiger partial charge on any atom is -0.235 e. The van der Waals surface area contributed by atoms with E-state index in [4.69, 9.17) is 5.26 Å². The van der Waals surface area contributed by atoms with Crippen molar-refractivity contribution in [2.45, 2.75) is 0 Å². The van der Waals surface area contributed by atoms with Gasteiger partial charge >= 0.3 is 0 Å². The normalized spacial score (nSPS) is 9.60. The quantitative estimate of drug-likeness (QED) is 0.707. The summed E-state index contributed by atoms with van der Waals surface area (Å²) in [6, 6.07) is 8.15. The van der Waals surface area contributed by atoms with Gasteiger partial charge in [0.1, 0.15) is 11.9 Å². The van der Waals surface area contributed by atoms with Crippen molar-refractivity contribution in [2.24, 2.45) is 0 Å². The molecule has 0 atom stereocenters. The Balaban J connectivity index is 2.47. The molecule has 0 aliphatic heterocycles. The Bertz CT molecular complexity index is 514. The molecule has 0 saturated heterocycles. The molecule has 1 aromatic carbocycles. The summed E-state index contributed by atoms with van der Waals surface area (Å²) in [6.07, 6.45) is 2.74. The molecule has 72 valence electrons. The molecule has 2 aromatic rings. The summed E-state index contributed by atoms with van der Waals surface area (Å²) in [6.45, 7) is 0. The summed E-state index contributed by atoms with van der Waals surface area (Å²) in [5, 5.41) is 8.55. The smallest absolute Gasteiger partial charge is 0.162 e. The SMILES string of the molecule is N#Cc1cnc(-c2ccccc2F)nc1. The third kappa shape index (κ3) is 1.81. The van der Waals surface area contributed by atoms with Gasteiger partial charge in [0.05, 0.1) is 11.1 Å². The average molecular weight is 199 g/mol. The van der Waals surface area contributed by atoms with Gasteiger partial charge in [0.25, 0.3) is 0 Å². The molecule has 15 heavy (non-hydrogen) atoms. The van der Waals surface area contributed by atoms with Crippen LogP contribution in [0.5, 0.6) is 0 Å². The van der Waals surface area contributed by atoms with Crippen LogP contribution in [-0.4, -0.2) is 9.97 Å². The van der Waals surface area contributed by atoms with Crippen molar-refractivity contribution in [2.75, 3.05) is 0 Å². The van der Waals surface area contributed by atoms with Crippen LogP contribution >= 0.6 is 0 Å². The number of nitriles is 1. The molecule has 0 bridgehead atoms. The molecule has 2 rings (SSSR count). The van der Waals surface area contributed by atoms with Crippen LogP contribution in [0.4, 0.5) is 4.39 Å². The van der Waals surface area contributed by atoms with Crippen molar-refractivity contribution in [3.05, 3.63) is 48.0 Å². The van der Waals surface area contributed by atoms with Crippen molar-refractivity contribution in [1.29, 1.82) is 5.26 Å². The number of aromatic nitrogens is 2. The van der Waals surface area contributed by atoms with Crippen LogP contribution in [0.2, 0.25) is 0 Å². The Morgan fingerprint density at radius 2 is 1.80 bits per heavy atom. The first kappa shape index (κ1) is 9.28. The number of hydrogen-bond donors (Lipinski definition) is 0. The van der Waals surface area contributed by atoms with E-state index in [-0.39, 0.29) is 11.6 Å². The van der Waals surface area contributed by atoms with Crippen molar-refractivity contribution in [1.82, 2.24) is 9.97 Å². The molecule has 0 unspecified atom stereocenters.